The molecule has 4 rings (SSSR count). The lowest BCUT2D eigenvalue weighted by atomic mass is 10.1. The summed E-state index contributed by atoms with van der Waals surface area (Å²) in [7, 11) is 0. The highest BCUT2D eigenvalue weighted by molar-refractivity contribution is 6.04. The van der Waals surface area contributed by atoms with Crippen LogP contribution in [0, 0.1) is 0 Å². The summed E-state index contributed by atoms with van der Waals surface area (Å²) in [4.78, 5) is 10.3. The van der Waals surface area contributed by atoms with Crippen LogP contribution in [0.5, 0.6) is 0 Å². The van der Waals surface area contributed by atoms with Gasteiger partial charge in [-0.15, -0.1) is 0 Å². The zero-order valence-corrected chi connectivity index (χ0v) is 11.3. The summed E-state index contributed by atoms with van der Waals surface area (Å²) >= 11 is 0. The van der Waals surface area contributed by atoms with Crippen molar-refractivity contribution in [2.75, 3.05) is 0 Å². The molecule has 0 aliphatic heterocycles. The second-order valence-electron chi connectivity index (χ2n) is 5.03. The van der Waals surface area contributed by atoms with Crippen molar-refractivity contribution in [3.05, 3.63) is 78.2 Å². The largest absolute Gasteiger partial charge is 0.455 e. The van der Waals surface area contributed by atoms with Crippen LogP contribution in [0.1, 0.15) is 0 Å². The molecule has 1 aromatic heterocycles. The average molecular weight is 273 g/mol. The van der Waals surface area contributed by atoms with Crippen molar-refractivity contribution in [1.29, 1.82) is 0 Å². The second kappa shape index (κ2) is 4.60. The van der Waals surface area contributed by atoms with E-state index < -0.39 is 0 Å². The van der Waals surface area contributed by atoms with Crippen LogP contribution in [0.2, 0.25) is 0 Å². The normalized spacial score (nSPS) is 11.0. The van der Waals surface area contributed by atoms with Crippen molar-refractivity contribution in [3.8, 4) is 11.3 Å². The smallest absolute Gasteiger partial charge is 0.354 e. The molecule has 1 heterocycles. The summed E-state index contributed by atoms with van der Waals surface area (Å²) in [5.41, 5.74) is 1.90. The number of benzene rings is 3. The lowest BCUT2D eigenvalue weighted by molar-refractivity contribution is 0.565. The minimum absolute atomic E-state index is 0.237. The molecule has 1 N–H and O–H groups in total. The van der Waals surface area contributed by atoms with Gasteiger partial charge < -0.3 is 4.42 Å². The molecule has 0 unspecified atom stereocenters. The van der Waals surface area contributed by atoms with Crippen molar-refractivity contribution in [2.45, 2.75) is 0 Å². The maximum Gasteiger partial charge on any atom is 0.354 e. The molecule has 0 saturated heterocycles. The third-order valence-electron chi connectivity index (χ3n) is 3.69. The molecular formula is C19H13O2+. The maximum absolute atomic E-state index is 10.3. The predicted octanol–water partition coefficient (Wildman–Crippen LogP) is 4.26. The standard InChI is InChI=1S/C19H12O2/c20-17-12-18(14-7-2-1-3-8-14)21-19-15-9-5-4-6-13(15)10-11-16(17)19/h1-12H/p+1. The van der Waals surface area contributed by atoms with E-state index in [4.69, 9.17) is 4.42 Å². The minimum atomic E-state index is 0.237. The van der Waals surface area contributed by atoms with Gasteiger partial charge in [0.1, 0.15) is 11.1 Å². The van der Waals surface area contributed by atoms with Crippen LogP contribution in [-0.2, 0) is 0 Å². The molecule has 21 heavy (non-hydrogen) atoms. The second-order valence-corrected chi connectivity index (χ2v) is 5.03. The summed E-state index contributed by atoms with van der Waals surface area (Å²) in [6.07, 6.45) is 0. The van der Waals surface area contributed by atoms with Gasteiger partial charge in [0, 0.05) is 10.9 Å². The molecule has 0 radical (unpaired) electrons. The Morgan fingerprint density at radius 2 is 1.48 bits per heavy atom. The lowest BCUT2D eigenvalue weighted by Crippen LogP contribution is -2.02. The van der Waals surface area contributed by atoms with E-state index in [9.17, 15) is 4.79 Å². The van der Waals surface area contributed by atoms with Gasteiger partial charge in [-0.3, -0.25) is 4.79 Å². The maximum atomic E-state index is 10.3. The molecule has 3 aromatic carbocycles. The van der Waals surface area contributed by atoms with Crippen LogP contribution in [0.15, 0.2) is 77.2 Å². The summed E-state index contributed by atoms with van der Waals surface area (Å²) in [6, 6.07) is 23.4. The Balaban J connectivity index is 2.13. The summed E-state index contributed by atoms with van der Waals surface area (Å²) < 4.78 is 6.08. The van der Waals surface area contributed by atoms with Crippen molar-refractivity contribution < 1.29 is 9.21 Å². The molecule has 0 spiro atoms. The van der Waals surface area contributed by atoms with Crippen LogP contribution in [0.3, 0.4) is 0 Å². The monoisotopic (exact) mass is 273 g/mol. The Hall–Kier alpha value is -2.87. The number of hydrogen-bond acceptors (Lipinski definition) is 1. The van der Waals surface area contributed by atoms with E-state index in [1.54, 1.807) is 6.07 Å². The molecule has 2 nitrogen and oxygen atoms in total. The number of fused-ring (bicyclic) bond motifs is 3. The minimum Gasteiger partial charge on any atom is -0.455 e. The summed E-state index contributed by atoms with van der Waals surface area (Å²) in [5.74, 6) is 0.664. The Kier molecular flexibility index (Phi) is 2.61. The van der Waals surface area contributed by atoms with E-state index in [0.717, 1.165) is 21.7 Å². The first kappa shape index (κ1) is 11.9. The zero-order valence-electron chi connectivity index (χ0n) is 11.3. The van der Waals surface area contributed by atoms with Gasteiger partial charge in [0.05, 0.1) is 6.07 Å². The first-order valence-corrected chi connectivity index (χ1v) is 6.86. The van der Waals surface area contributed by atoms with Crippen LogP contribution in [0.25, 0.3) is 33.1 Å². The van der Waals surface area contributed by atoms with Gasteiger partial charge >= 0.3 is 5.43 Å². The highest BCUT2D eigenvalue weighted by Crippen LogP contribution is 2.27. The van der Waals surface area contributed by atoms with Gasteiger partial charge in [0.15, 0.2) is 5.58 Å². The highest BCUT2D eigenvalue weighted by atomic mass is 16.3. The fourth-order valence-electron chi connectivity index (χ4n) is 2.64. The molecule has 0 bridgehead atoms. The molecule has 2 heteroatoms. The molecule has 0 aliphatic rings. The Morgan fingerprint density at radius 3 is 2.33 bits per heavy atom. The van der Waals surface area contributed by atoms with Gasteiger partial charge in [-0.1, -0.05) is 60.7 Å². The van der Waals surface area contributed by atoms with E-state index >= 15 is 0 Å². The summed E-state index contributed by atoms with van der Waals surface area (Å²) in [5, 5.41) is 2.83. The topological polar surface area (TPSA) is 34.5 Å². The van der Waals surface area contributed by atoms with Crippen molar-refractivity contribution in [1.82, 2.24) is 0 Å². The van der Waals surface area contributed by atoms with E-state index in [1.807, 2.05) is 66.7 Å². The van der Waals surface area contributed by atoms with Crippen molar-refractivity contribution in [2.24, 2.45) is 0 Å². The molecular weight excluding hydrogens is 260 g/mol. The van der Waals surface area contributed by atoms with Gasteiger partial charge in [0.25, 0.3) is 0 Å². The Morgan fingerprint density at radius 1 is 0.714 bits per heavy atom. The lowest BCUT2D eigenvalue weighted by Gasteiger charge is -2.04. The van der Waals surface area contributed by atoms with Crippen LogP contribution >= 0.6 is 0 Å². The summed E-state index contributed by atoms with van der Waals surface area (Å²) in [6.45, 7) is 0. The molecule has 0 amide bonds. The van der Waals surface area contributed by atoms with Gasteiger partial charge in [-0.05, 0) is 11.5 Å². The fraction of sp³-hybridized carbons (Fsp3) is 0. The van der Waals surface area contributed by atoms with Crippen LogP contribution < -0.4 is 5.43 Å². The first-order valence-electron chi connectivity index (χ1n) is 6.86. The van der Waals surface area contributed by atoms with E-state index in [0.29, 0.717) is 11.3 Å². The molecule has 0 aliphatic carbocycles. The molecule has 0 saturated carbocycles. The van der Waals surface area contributed by atoms with Gasteiger partial charge in [-0.25, -0.2) is 0 Å². The first-order chi connectivity index (χ1) is 10.3. The van der Waals surface area contributed by atoms with Crippen molar-refractivity contribution in [3.63, 3.8) is 0 Å². The van der Waals surface area contributed by atoms with Crippen molar-refractivity contribution >= 4 is 21.7 Å². The van der Waals surface area contributed by atoms with E-state index in [-0.39, 0.29) is 5.43 Å². The van der Waals surface area contributed by atoms with E-state index in [1.165, 1.54) is 0 Å². The van der Waals surface area contributed by atoms with Gasteiger partial charge in [0.2, 0.25) is 0 Å². The quantitative estimate of drug-likeness (QED) is 0.377. The highest BCUT2D eigenvalue weighted by Gasteiger charge is 2.12. The van der Waals surface area contributed by atoms with Crippen LogP contribution in [-0.4, -0.2) is 4.79 Å². The van der Waals surface area contributed by atoms with Crippen LogP contribution in [0.4, 0.5) is 0 Å². The third-order valence-corrected chi connectivity index (χ3v) is 3.69. The fourth-order valence-corrected chi connectivity index (χ4v) is 2.64. The molecule has 4 aromatic rings. The molecule has 0 fully saturated rings. The SMILES string of the molecule is [OH+]=c1cc(-c2ccccc2)oc2c1ccc1ccccc12. The zero-order chi connectivity index (χ0) is 14.2. The Labute approximate surface area is 121 Å². The number of hydrogen-bond donors (Lipinski definition) is 0. The van der Waals surface area contributed by atoms with Gasteiger partial charge in [-0.2, -0.15) is 0 Å². The third kappa shape index (κ3) is 1.93. The Bertz CT molecular complexity index is 998. The van der Waals surface area contributed by atoms with E-state index in [2.05, 4.69) is 0 Å². The predicted molar refractivity (Wildman–Crippen MR) is 84.2 cm³/mol. The molecule has 100 valence electrons. The number of rotatable bonds is 1. The average Bonchev–Trinajstić information content (AvgIpc) is 2.55. The molecule has 0 atom stereocenters.